The van der Waals surface area contributed by atoms with Crippen molar-refractivity contribution in [1.82, 2.24) is 0 Å². The monoisotopic (exact) mass is 301 g/mol. The molecule has 1 aliphatic rings. The smallest absolute Gasteiger partial charge is 0.335 e. The summed E-state index contributed by atoms with van der Waals surface area (Å²) in [6, 6.07) is 9.96. The number of benzene rings is 2. The standard InChI is InChI=1S/C15H11NO4S/c1-20-9-3-5-12-10(7-9)14(17)16-11-6-8(15(18)19)2-4-13(11)21-12/h2-7H,1H3,(H,16,17)(H,18,19). The molecule has 0 bridgehead atoms. The van der Waals surface area contributed by atoms with Gasteiger partial charge < -0.3 is 15.2 Å². The molecule has 2 aromatic rings. The second kappa shape index (κ2) is 5.14. The number of carboxylic acids is 1. The number of rotatable bonds is 2. The number of fused-ring (bicyclic) bond motifs is 2. The first-order valence-electron chi connectivity index (χ1n) is 6.13. The highest BCUT2D eigenvalue weighted by Gasteiger charge is 2.21. The summed E-state index contributed by atoms with van der Waals surface area (Å²) in [4.78, 5) is 24.9. The summed E-state index contributed by atoms with van der Waals surface area (Å²) < 4.78 is 5.13. The topological polar surface area (TPSA) is 75.6 Å². The van der Waals surface area contributed by atoms with Gasteiger partial charge in [0.1, 0.15) is 5.75 Å². The number of hydrogen-bond acceptors (Lipinski definition) is 4. The van der Waals surface area contributed by atoms with Gasteiger partial charge >= 0.3 is 5.97 Å². The van der Waals surface area contributed by atoms with Crippen LogP contribution in [0.25, 0.3) is 0 Å². The van der Waals surface area contributed by atoms with Crippen LogP contribution < -0.4 is 10.1 Å². The summed E-state index contributed by atoms with van der Waals surface area (Å²) in [5.74, 6) is -0.708. The van der Waals surface area contributed by atoms with Crippen molar-refractivity contribution in [3.63, 3.8) is 0 Å². The lowest BCUT2D eigenvalue weighted by atomic mass is 10.1. The number of anilines is 1. The van der Waals surface area contributed by atoms with E-state index in [1.54, 1.807) is 18.2 Å². The van der Waals surface area contributed by atoms with Crippen molar-refractivity contribution in [2.45, 2.75) is 9.79 Å². The number of methoxy groups -OCH3 is 1. The van der Waals surface area contributed by atoms with Crippen LogP contribution in [0.3, 0.4) is 0 Å². The van der Waals surface area contributed by atoms with E-state index in [1.807, 2.05) is 6.07 Å². The molecule has 0 atom stereocenters. The summed E-state index contributed by atoms with van der Waals surface area (Å²) in [5, 5.41) is 11.8. The molecular weight excluding hydrogens is 290 g/mol. The van der Waals surface area contributed by atoms with Gasteiger partial charge in [-0.1, -0.05) is 11.8 Å². The van der Waals surface area contributed by atoms with Crippen LogP contribution in [0.1, 0.15) is 20.7 Å². The maximum Gasteiger partial charge on any atom is 0.335 e. The fourth-order valence-electron chi connectivity index (χ4n) is 2.06. The third kappa shape index (κ3) is 2.45. The molecule has 5 nitrogen and oxygen atoms in total. The number of nitrogens with one attached hydrogen (secondary N) is 1. The van der Waals surface area contributed by atoms with Crippen molar-refractivity contribution in [1.29, 1.82) is 0 Å². The van der Waals surface area contributed by atoms with E-state index in [0.29, 0.717) is 17.0 Å². The second-order valence-electron chi connectivity index (χ2n) is 4.43. The van der Waals surface area contributed by atoms with Crippen molar-refractivity contribution in [2.24, 2.45) is 0 Å². The molecule has 6 heteroatoms. The molecule has 0 saturated heterocycles. The molecule has 0 aliphatic carbocycles. The molecule has 106 valence electrons. The van der Waals surface area contributed by atoms with E-state index in [-0.39, 0.29) is 11.5 Å². The first kappa shape index (κ1) is 13.5. The van der Waals surface area contributed by atoms with Crippen LogP contribution in [-0.2, 0) is 0 Å². The Bertz CT molecular complexity index is 757. The van der Waals surface area contributed by atoms with Crippen molar-refractivity contribution < 1.29 is 19.4 Å². The third-order valence-electron chi connectivity index (χ3n) is 3.13. The zero-order valence-corrected chi connectivity index (χ0v) is 11.9. The Balaban J connectivity index is 2.08. The van der Waals surface area contributed by atoms with Crippen molar-refractivity contribution >= 4 is 29.3 Å². The first-order valence-corrected chi connectivity index (χ1v) is 6.95. The van der Waals surface area contributed by atoms with Gasteiger partial charge in [0.15, 0.2) is 0 Å². The zero-order valence-electron chi connectivity index (χ0n) is 11.0. The molecular formula is C15H11NO4S. The normalized spacial score (nSPS) is 12.7. The van der Waals surface area contributed by atoms with Gasteiger partial charge in [0.25, 0.3) is 5.91 Å². The Labute approximate surface area is 124 Å². The average molecular weight is 301 g/mol. The minimum atomic E-state index is -1.03. The molecule has 0 fully saturated rings. The molecule has 2 N–H and O–H groups in total. The number of carbonyl (C=O) groups excluding carboxylic acids is 1. The van der Waals surface area contributed by atoms with Gasteiger partial charge in [0, 0.05) is 9.79 Å². The number of carbonyl (C=O) groups is 2. The van der Waals surface area contributed by atoms with E-state index in [4.69, 9.17) is 9.84 Å². The fraction of sp³-hybridized carbons (Fsp3) is 0.0667. The van der Waals surface area contributed by atoms with Crippen LogP contribution in [0.2, 0.25) is 0 Å². The van der Waals surface area contributed by atoms with Gasteiger partial charge in [-0.25, -0.2) is 4.79 Å². The second-order valence-corrected chi connectivity index (χ2v) is 5.52. The lowest BCUT2D eigenvalue weighted by Crippen LogP contribution is -2.12. The fourth-order valence-corrected chi connectivity index (χ4v) is 3.05. The van der Waals surface area contributed by atoms with Crippen molar-refractivity contribution in [2.75, 3.05) is 12.4 Å². The SMILES string of the molecule is COc1ccc2c(c1)C(=O)Nc1cc(C(=O)O)ccc1S2. The van der Waals surface area contributed by atoms with Gasteiger partial charge in [0.05, 0.1) is 23.9 Å². The predicted molar refractivity (Wildman–Crippen MR) is 78.5 cm³/mol. The lowest BCUT2D eigenvalue weighted by Gasteiger charge is -2.06. The van der Waals surface area contributed by atoms with Gasteiger partial charge in [-0.05, 0) is 36.4 Å². The van der Waals surface area contributed by atoms with E-state index < -0.39 is 5.97 Å². The van der Waals surface area contributed by atoms with Crippen LogP contribution in [0.4, 0.5) is 5.69 Å². The van der Waals surface area contributed by atoms with Gasteiger partial charge in [-0.3, -0.25) is 4.79 Å². The van der Waals surface area contributed by atoms with E-state index in [9.17, 15) is 9.59 Å². The zero-order chi connectivity index (χ0) is 15.0. The minimum Gasteiger partial charge on any atom is -0.497 e. The molecule has 0 spiro atoms. The number of hydrogen-bond donors (Lipinski definition) is 2. The van der Waals surface area contributed by atoms with E-state index >= 15 is 0 Å². The van der Waals surface area contributed by atoms with E-state index in [0.717, 1.165) is 9.79 Å². The quantitative estimate of drug-likeness (QED) is 0.891. The van der Waals surface area contributed by atoms with Gasteiger partial charge in [-0.2, -0.15) is 0 Å². The summed E-state index contributed by atoms with van der Waals surface area (Å²) >= 11 is 1.41. The molecule has 0 aromatic heterocycles. The molecule has 0 radical (unpaired) electrons. The molecule has 0 unspecified atom stereocenters. The molecule has 2 aromatic carbocycles. The third-order valence-corrected chi connectivity index (χ3v) is 4.28. The summed E-state index contributed by atoms with van der Waals surface area (Å²) in [6.07, 6.45) is 0. The van der Waals surface area contributed by atoms with Gasteiger partial charge in [-0.15, -0.1) is 0 Å². The largest absolute Gasteiger partial charge is 0.497 e. The molecule has 0 saturated carbocycles. The minimum absolute atomic E-state index is 0.137. The highest BCUT2D eigenvalue weighted by Crippen LogP contribution is 2.40. The molecule has 1 amide bonds. The summed E-state index contributed by atoms with van der Waals surface area (Å²) in [6.45, 7) is 0. The predicted octanol–water partition coefficient (Wildman–Crippen LogP) is 3.11. The highest BCUT2D eigenvalue weighted by molar-refractivity contribution is 7.99. The maximum absolute atomic E-state index is 12.3. The van der Waals surface area contributed by atoms with Gasteiger partial charge in [0.2, 0.25) is 0 Å². The van der Waals surface area contributed by atoms with Crippen LogP contribution in [0.15, 0.2) is 46.2 Å². The molecule has 21 heavy (non-hydrogen) atoms. The van der Waals surface area contributed by atoms with E-state index in [1.165, 1.54) is 31.0 Å². The van der Waals surface area contributed by atoms with Crippen LogP contribution in [0.5, 0.6) is 5.75 Å². The van der Waals surface area contributed by atoms with Crippen LogP contribution in [-0.4, -0.2) is 24.1 Å². The molecule has 1 aliphatic heterocycles. The summed E-state index contributed by atoms with van der Waals surface area (Å²) in [5.41, 5.74) is 1.14. The van der Waals surface area contributed by atoms with Crippen molar-refractivity contribution in [3.8, 4) is 5.75 Å². The summed E-state index contributed by atoms with van der Waals surface area (Å²) in [7, 11) is 1.54. The Morgan fingerprint density at radius 3 is 2.67 bits per heavy atom. The maximum atomic E-state index is 12.3. The highest BCUT2D eigenvalue weighted by atomic mass is 32.2. The number of ether oxygens (including phenoxy) is 1. The Hall–Kier alpha value is -2.47. The Morgan fingerprint density at radius 1 is 1.19 bits per heavy atom. The Kier molecular flexibility index (Phi) is 3.31. The number of amides is 1. The van der Waals surface area contributed by atoms with E-state index in [2.05, 4.69) is 5.32 Å². The van der Waals surface area contributed by atoms with Crippen LogP contribution in [0, 0.1) is 0 Å². The molecule has 3 rings (SSSR count). The number of carboxylic acid groups (broad SMARTS) is 1. The van der Waals surface area contributed by atoms with Crippen molar-refractivity contribution in [3.05, 3.63) is 47.5 Å². The Morgan fingerprint density at radius 2 is 1.95 bits per heavy atom. The number of aromatic carboxylic acids is 1. The molecule has 1 heterocycles. The van der Waals surface area contributed by atoms with Crippen LogP contribution >= 0.6 is 11.8 Å². The lowest BCUT2D eigenvalue weighted by molar-refractivity contribution is 0.0696. The average Bonchev–Trinajstić information content (AvgIpc) is 2.62. The first-order chi connectivity index (χ1) is 10.1.